The van der Waals surface area contributed by atoms with Gasteiger partial charge in [-0.25, -0.2) is 4.98 Å². The number of ether oxygens (including phenoxy) is 2. The lowest BCUT2D eigenvalue weighted by atomic mass is 10.2. The van der Waals surface area contributed by atoms with E-state index in [1.165, 1.54) is 0 Å². The number of aromatic nitrogens is 1. The van der Waals surface area contributed by atoms with Gasteiger partial charge in [0.2, 0.25) is 5.88 Å². The third kappa shape index (κ3) is 2.99. The Hall–Kier alpha value is -2.07. The molecule has 0 spiro atoms. The molecule has 0 saturated carbocycles. The third-order valence-corrected chi connectivity index (χ3v) is 2.55. The molecule has 1 aromatic heterocycles. The number of rotatable bonds is 4. The van der Waals surface area contributed by atoms with Crippen LogP contribution in [0.4, 0.5) is 5.69 Å². The lowest BCUT2D eigenvalue weighted by Crippen LogP contribution is -1.94. The first kappa shape index (κ1) is 12.4. The van der Waals surface area contributed by atoms with E-state index < -0.39 is 0 Å². The molecule has 0 amide bonds. The van der Waals surface area contributed by atoms with E-state index in [0.717, 1.165) is 16.9 Å². The molecular formula is C14H16N2O2. The van der Waals surface area contributed by atoms with Crippen LogP contribution in [0.5, 0.6) is 11.6 Å². The molecule has 1 aromatic carbocycles. The van der Waals surface area contributed by atoms with Crippen LogP contribution in [0.25, 0.3) is 0 Å². The zero-order valence-electron chi connectivity index (χ0n) is 10.5. The van der Waals surface area contributed by atoms with E-state index >= 15 is 0 Å². The molecule has 0 fully saturated rings. The summed E-state index contributed by atoms with van der Waals surface area (Å²) in [6.45, 7) is 2.46. The molecule has 0 aliphatic carbocycles. The zero-order chi connectivity index (χ0) is 13.0. The normalized spacial score (nSPS) is 10.3. The number of nitrogens with two attached hydrogens (primary N) is 1. The van der Waals surface area contributed by atoms with Gasteiger partial charge in [-0.1, -0.05) is 12.1 Å². The predicted octanol–water partition coefficient (Wildman–Crippen LogP) is 2.91. The highest BCUT2D eigenvalue weighted by Crippen LogP contribution is 2.23. The number of methoxy groups -OCH3 is 1. The molecule has 2 aromatic rings. The first-order valence-corrected chi connectivity index (χ1v) is 5.67. The van der Waals surface area contributed by atoms with Crippen molar-refractivity contribution in [1.82, 2.24) is 4.98 Å². The molecule has 0 aliphatic heterocycles. The minimum Gasteiger partial charge on any atom is -0.439 e. The molecule has 0 saturated heterocycles. The van der Waals surface area contributed by atoms with Gasteiger partial charge in [-0.3, -0.25) is 0 Å². The second-order valence-electron chi connectivity index (χ2n) is 4.06. The van der Waals surface area contributed by atoms with Crippen LogP contribution in [-0.2, 0) is 11.3 Å². The fraction of sp³-hybridized carbons (Fsp3) is 0.214. The van der Waals surface area contributed by atoms with E-state index in [9.17, 15) is 0 Å². The lowest BCUT2D eigenvalue weighted by Gasteiger charge is -2.08. The molecule has 18 heavy (non-hydrogen) atoms. The largest absolute Gasteiger partial charge is 0.439 e. The van der Waals surface area contributed by atoms with Crippen molar-refractivity contribution < 1.29 is 9.47 Å². The highest BCUT2D eigenvalue weighted by molar-refractivity contribution is 5.47. The van der Waals surface area contributed by atoms with Crippen LogP contribution >= 0.6 is 0 Å². The summed E-state index contributed by atoms with van der Waals surface area (Å²) in [5, 5.41) is 0. The van der Waals surface area contributed by atoms with Gasteiger partial charge in [-0.15, -0.1) is 0 Å². The summed E-state index contributed by atoms with van der Waals surface area (Å²) >= 11 is 0. The van der Waals surface area contributed by atoms with Crippen molar-refractivity contribution in [1.29, 1.82) is 0 Å². The van der Waals surface area contributed by atoms with E-state index in [4.69, 9.17) is 15.2 Å². The molecular weight excluding hydrogens is 228 g/mol. The van der Waals surface area contributed by atoms with Crippen molar-refractivity contribution in [3.8, 4) is 11.6 Å². The Morgan fingerprint density at radius 2 is 2.11 bits per heavy atom. The number of benzene rings is 1. The van der Waals surface area contributed by atoms with Crippen molar-refractivity contribution in [2.45, 2.75) is 13.5 Å². The lowest BCUT2D eigenvalue weighted by molar-refractivity contribution is 0.184. The van der Waals surface area contributed by atoms with Crippen molar-refractivity contribution in [2.75, 3.05) is 12.8 Å². The predicted molar refractivity (Wildman–Crippen MR) is 70.6 cm³/mol. The molecule has 2 rings (SSSR count). The smallest absolute Gasteiger partial charge is 0.221 e. The summed E-state index contributed by atoms with van der Waals surface area (Å²) in [5.41, 5.74) is 8.48. The number of aryl methyl sites for hydroxylation is 1. The molecule has 0 radical (unpaired) electrons. The molecule has 94 valence electrons. The third-order valence-electron chi connectivity index (χ3n) is 2.55. The van der Waals surface area contributed by atoms with Gasteiger partial charge in [-0.2, -0.15) is 0 Å². The van der Waals surface area contributed by atoms with Crippen LogP contribution < -0.4 is 10.5 Å². The minimum atomic E-state index is 0.493. The van der Waals surface area contributed by atoms with Crippen LogP contribution in [0.15, 0.2) is 36.5 Å². The Kier molecular flexibility index (Phi) is 3.79. The molecule has 0 bridgehead atoms. The number of nitrogen functional groups attached to an aromatic ring is 1. The Morgan fingerprint density at radius 3 is 2.83 bits per heavy atom. The molecule has 4 heteroatoms. The highest BCUT2D eigenvalue weighted by atomic mass is 16.5. The van der Waals surface area contributed by atoms with Crippen LogP contribution in [0.2, 0.25) is 0 Å². The second-order valence-corrected chi connectivity index (χ2v) is 4.06. The van der Waals surface area contributed by atoms with Gasteiger partial charge >= 0.3 is 0 Å². The van der Waals surface area contributed by atoms with Crippen molar-refractivity contribution in [3.63, 3.8) is 0 Å². The minimum absolute atomic E-state index is 0.493. The summed E-state index contributed by atoms with van der Waals surface area (Å²) < 4.78 is 10.7. The van der Waals surface area contributed by atoms with Crippen molar-refractivity contribution in [3.05, 3.63) is 47.7 Å². The van der Waals surface area contributed by atoms with E-state index in [1.807, 2.05) is 31.2 Å². The average molecular weight is 244 g/mol. The summed E-state index contributed by atoms with van der Waals surface area (Å²) in [7, 11) is 1.66. The van der Waals surface area contributed by atoms with Crippen LogP contribution in [0.3, 0.4) is 0 Å². The van der Waals surface area contributed by atoms with Crippen LogP contribution in [0.1, 0.15) is 11.1 Å². The highest BCUT2D eigenvalue weighted by Gasteiger charge is 2.02. The Balaban J connectivity index is 2.17. The van der Waals surface area contributed by atoms with Crippen LogP contribution in [-0.4, -0.2) is 12.1 Å². The fourth-order valence-corrected chi connectivity index (χ4v) is 1.56. The zero-order valence-corrected chi connectivity index (χ0v) is 10.5. The van der Waals surface area contributed by atoms with E-state index in [1.54, 1.807) is 19.4 Å². The topological polar surface area (TPSA) is 57.4 Å². The van der Waals surface area contributed by atoms with Gasteiger partial charge in [0.15, 0.2) is 0 Å². The molecule has 0 unspecified atom stereocenters. The number of pyridine rings is 1. The SMILES string of the molecule is COCc1cccc(Oc2cc(N)c(C)cn2)c1. The van der Waals surface area contributed by atoms with E-state index in [2.05, 4.69) is 4.98 Å². The van der Waals surface area contributed by atoms with Crippen LogP contribution in [0, 0.1) is 6.92 Å². The maximum absolute atomic E-state index is 5.81. The standard InChI is InChI=1S/C14H16N2O2/c1-10-8-16-14(7-13(10)15)18-12-5-3-4-11(6-12)9-17-2/h3-8H,9H2,1-2H3,(H2,15,16). The fourth-order valence-electron chi connectivity index (χ4n) is 1.56. The maximum Gasteiger partial charge on any atom is 0.221 e. The summed E-state index contributed by atoms with van der Waals surface area (Å²) in [6.07, 6.45) is 1.70. The first-order valence-electron chi connectivity index (χ1n) is 5.67. The summed E-state index contributed by atoms with van der Waals surface area (Å²) in [4.78, 5) is 4.18. The summed E-state index contributed by atoms with van der Waals surface area (Å²) in [5.74, 6) is 1.22. The number of anilines is 1. The Labute approximate surface area is 106 Å². The molecule has 0 aliphatic rings. The number of hydrogen-bond donors (Lipinski definition) is 1. The van der Waals surface area contributed by atoms with Crippen molar-refractivity contribution in [2.24, 2.45) is 0 Å². The Bertz CT molecular complexity index is 541. The van der Waals surface area contributed by atoms with Crippen molar-refractivity contribution >= 4 is 5.69 Å². The van der Waals surface area contributed by atoms with Gasteiger partial charge in [0, 0.05) is 25.1 Å². The van der Waals surface area contributed by atoms with Gasteiger partial charge in [-0.05, 0) is 30.2 Å². The maximum atomic E-state index is 5.81. The first-order chi connectivity index (χ1) is 8.69. The monoisotopic (exact) mass is 244 g/mol. The molecule has 0 atom stereocenters. The second kappa shape index (κ2) is 5.51. The summed E-state index contributed by atoms with van der Waals surface area (Å²) in [6, 6.07) is 9.41. The Morgan fingerprint density at radius 1 is 1.28 bits per heavy atom. The van der Waals surface area contributed by atoms with Gasteiger partial charge in [0.25, 0.3) is 0 Å². The molecule has 2 N–H and O–H groups in total. The number of nitrogens with zero attached hydrogens (tertiary/aromatic N) is 1. The van der Waals surface area contributed by atoms with E-state index in [0.29, 0.717) is 18.2 Å². The van der Waals surface area contributed by atoms with Gasteiger partial charge < -0.3 is 15.2 Å². The quantitative estimate of drug-likeness (QED) is 0.898. The van der Waals surface area contributed by atoms with E-state index in [-0.39, 0.29) is 0 Å². The van der Waals surface area contributed by atoms with Gasteiger partial charge in [0.1, 0.15) is 5.75 Å². The molecule has 1 heterocycles. The van der Waals surface area contributed by atoms with Gasteiger partial charge in [0.05, 0.1) is 6.61 Å². The number of hydrogen-bond acceptors (Lipinski definition) is 4. The molecule has 4 nitrogen and oxygen atoms in total. The average Bonchev–Trinajstić information content (AvgIpc) is 2.35.